The Balaban J connectivity index is 2.80. The van der Waals surface area contributed by atoms with Crippen molar-refractivity contribution < 1.29 is 0 Å². The number of allylic oxidation sites excluding steroid dienone is 1. The number of hydrogen-bond acceptors (Lipinski definition) is 0. The minimum Gasteiger partial charge on any atom is -0.103 e. The number of rotatable bonds is 4. The summed E-state index contributed by atoms with van der Waals surface area (Å²) in [4.78, 5) is 0. The molecule has 0 aromatic heterocycles. The summed E-state index contributed by atoms with van der Waals surface area (Å²) in [5.41, 5.74) is 2.30. The van der Waals surface area contributed by atoms with Gasteiger partial charge in [0, 0.05) is 0 Å². The van der Waals surface area contributed by atoms with Crippen LogP contribution in [0.5, 0.6) is 0 Å². The van der Waals surface area contributed by atoms with E-state index in [1.807, 2.05) is 0 Å². The maximum Gasteiger partial charge on any atom is 0.0698 e. The van der Waals surface area contributed by atoms with Gasteiger partial charge in [0.2, 0.25) is 0 Å². The van der Waals surface area contributed by atoms with Gasteiger partial charge in [-0.15, -0.1) is 5.70 Å². The Kier molecular flexibility index (Phi) is 6.92. The van der Waals surface area contributed by atoms with Crippen LogP contribution < -0.4 is 0 Å². The van der Waals surface area contributed by atoms with Crippen LogP contribution in [0.3, 0.4) is 0 Å². The first-order valence-corrected chi connectivity index (χ1v) is 4.58. The molecule has 0 amide bonds. The normalized spacial score (nSPS) is 10.8. The second-order valence-corrected chi connectivity index (χ2v) is 3.01. The van der Waals surface area contributed by atoms with E-state index in [0.29, 0.717) is 0 Å². The summed E-state index contributed by atoms with van der Waals surface area (Å²) in [7, 11) is 1.06. The average Bonchev–Trinajstić information content (AvgIpc) is 1.81. The van der Waals surface area contributed by atoms with Crippen molar-refractivity contribution in [2.45, 2.75) is 32.7 Å². The van der Waals surface area contributed by atoms with Crippen LogP contribution in [0.15, 0.2) is 11.8 Å². The molecule has 0 heterocycles. The van der Waals surface area contributed by atoms with Crippen molar-refractivity contribution in [1.29, 1.82) is 0 Å². The Bertz CT molecular complexity index is 57.4. The summed E-state index contributed by atoms with van der Waals surface area (Å²) in [5, 5.41) is 0. The predicted octanol–water partition coefficient (Wildman–Crippen LogP) is 2.44. The third-order valence-electron chi connectivity index (χ3n) is 0.866. The van der Waals surface area contributed by atoms with E-state index in [-0.39, 0.29) is 0 Å². The van der Waals surface area contributed by atoms with Crippen molar-refractivity contribution in [2.24, 2.45) is 0 Å². The standard InChI is InChI=1S/C7H14Si/c1-3-5-7-8-6-4-2/h5,7H,3-4,6H2,1-2H3/b7-5+. The maximum atomic E-state index is 2.30. The van der Waals surface area contributed by atoms with E-state index < -0.39 is 0 Å². The predicted molar refractivity (Wildman–Crippen MR) is 40.3 cm³/mol. The largest absolute Gasteiger partial charge is 0.103 e. The first-order chi connectivity index (χ1) is 3.91. The first-order valence-electron chi connectivity index (χ1n) is 3.30. The van der Waals surface area contributed by atoms with Crippen LogP contribution in [0.25, 0.3) is 0 Å². The molecular weight excluding hydrogens is 112 g/mol. The van der Waals surface area contributed by atoms with E-state index in [1.165, 1.54) is 18.9 Å². The highest BCUT2D eigenvalue weighted by molar-refractivity contribution is 6.41. The van der Waals surface area contributed by atoms with Crippen LogP contribution in [0, 0.1) is 0 Å². The lowest BCUT2D eigenvalue weighted by molar-refractivity contribution is 1.08. The van der Waals surface area contributed by atoms with Crippen molar-refractivity contribution in [3.8, 4) is 0 Å². The van der Waals surface area contributed by atoms with Crippen molar-refractivity contribution >= 4 is 9.52 Å². The molecule has 0 aliphatic rings. The van der Waals surface area contributed by atoms with Gasteiger partial charge in [0.1, 0.15) is 0 Å². The molecule has 0 aliphatic heterocycles. The average molecular weight is 126 g/mol. The molecule has 0 aromatic rings. The van der Waals surface area contributed by atoms with Gasteiger partial charge in [-0.2, -0.15) is 0 Å². The molecule has 0 spiro atoms. The van der Waals surface area contributed by atoms with Crippen molar-refractivity contribution in [3.63, 3.8) is 0 Å². The molecule has 0 saturated heterocycles. The zero-order valence-electron chi connectivity index (χ0n) is 5.78. The van der Waals surface area contributed by atoms with Gasteiger partial charge in [-0.05, 0) is 6.42 Å². The molecule has 8 heavy (non-hydrogen) atoms. The van der Waals surface area contributed by atoms with E-state index in [0.717, 1.165) is 9.52 Å². The van der Waals surface area contributed by atoms with E-state index in [4.69, 9.17) is 0 Å². The Morgan fingerprint density at radius 3 is 2.62 bits per heavy atom. The van der Waals surface area contributed by atoms with E-state index in [1.54, 1.807) is 0 Å². The molecule has 1 heteroatoms. The molecule has 0 nitrogen and oxygen atoms in total. The Labute approximate surface area is 54.8 Å². The Morgan fingerprint density at radius 1 is 1.38 bits per heavy atom. The smallest absolute Gasteiger partial charge is 0.0698 e. The molecule has 0 unspecified atom stereocenters. The van der Waals surface area contributed by atoms with Crippen molar-refractivity contribution in [3.05, 3.63) is 11.8 Å². The molecule has 0 atom stereocenters. The molecule has 0 fully saturated rings. The molecule has 2 radical (unpaired) electrons. The zero-order chi connectivity index (χ0) is 6.24. The van der Waals surface area contributed by atoms with Crippen LogP contribution in [0.1, 0.15) is 26.7 Å². The van der Waals surface area contributed by atoms with Crippen LogP contribution in [0.4, 0.5) is 0 Å². The summed E-state index contributed by atoms with van der Waals surface area (Å²) in [6.45, 7) is 4.40. The monoisotopic (exact) mass is 126 g/mol. The lowest BCUT2D eigenvalue weighted by Crippen LogP contribution is -1.79. The molecule has 0 bridgehead atoms. The summed E-state index contributed by atoms with van der Waals surface area (Å²) in [6.07, 6.45) is 4.76. The number of hydrogen-bond donors (Lipinski definition) is 0. The maximum absolute atomic E-state index is 2.30. The van der Waals surface area contributed by atoms with Gasteiger partial charge in [0.15, 0.2) is 0 Å². The molecular formula is C7H14Si. The van der Waals surface area contributed by atoms with Gasteiger partial charge in [0.25, 0.3) is 0 Å². The second-order valence-electron chi connectivity index (χ2n) is 1.76. The molecule has 46 valence electrons. The van der Waals surface area contributed by atoms with Crippen LogP contribution >= 0.6 is 0 Å². The highest BCUT2D eigenvalue weighted by atomic mass is 28.2. The fraction of sp³-hybridized carbons (Fsp3) is 0.714. The molecule has 0 aliphatic carbocycles. The van der Waals surface area contributed by atoms with E-state index in [9.17, 15) is 0 Å². The third-order valence-corrected chi connectivity index (χ3v) is 2.13. The minimum atomic E-state index is 1.06. The first kappa shape index (κ1) is 7.96. The van der Waals surface area contributed by atoms with Crippen LogP contribution in [0.2, 0.25) is 6.04 Å². The van der Waals surface area contributed by atoms with Crippen molar-refractivity contribution in [1.82, 2.24) is 0 Å². The fourth-order valence-corrected chi connectivity index (χ4v) is 1.29. The summed E-state index contributed by atoms with van der Waals surface area (Å²) in [5.74, 6) is 0. The van der Waals surface area contributed by atoms with E-state index in [2.05, 4.69) is 25.6 Å². The van der Waals surface area contributed by atoms with Crippen LogP contribution in [-0.4, -0.2) is 9.52 Å². The summed E-state index contributed by atoms with van der Waals surface area (Å²) in [6, 6.07) is 1.37. The lowest BCUT2D eigenvalue weighted by Gasteiger charge is -1.83. The minimum absolute atomic E-state index is 1.06. The van der Waals surface area contributed by atoms with Gasteiger partial charge in [-0.1, -0.05) is 32.4 Å². The Morgan fingerprint density at radius 2 is 2.12 bits per heavy atom. The van der Waals surface area contributed by atoms with Crippen molar-refractivity contribution in [2.75, 3.05) is 0 Å². The topological polar surface area (TPSA) is 0 Å². The molecule has 0 saturated carbocycles. The Hall–Kier alpha value is -0.0431. The van der Waals surface area contributed by atoms with Gasteiger partial charge in [0.05, 0.1) is 9.52 Å². The molecule has 0 aromatic carbocycles. The summed E-state index contributed by atoms with van der Waals surface area (Å²) >= 11 is 0. The highest BCUT2D eigenvalue weighted by Gasteiger charge is 1.76. The SMILES string of the molecule is CC/C=C/[Si]CCC. The zero-order valence-corrected chi connectivity index (χ0v) is 6.78. The molecule has 0 N–H and O–H groups in total. The van der Waals surface area contributed by atoms with Gasteiger partial charge in [-0.3, -0.25) is 0 Å². The lowest BCUT2D eigenvalue weighted by atomic mass is 10.5. The third kappa shape index (κ3) is 5.96. The quantitative estimate of drug-likeness (QED) is 0.401. The fourth-order valence-electron chi connectivity index (χ4n) is 0.429. The van der Waals surface area contributed by atoms with Gasteiger partial charge in [-0.25, -0.2) is 0 Å². The second kappa shape index (κ2) is 6.96. The van der Waals surface area contributed by atoms with E-state index >= 15 is 0 Å². The molecule has 0 rings (SSSR count). The summed E-state index contributed by atoms with van der Waals surface area (Å²) < 4.78 is 0. The van der Waals surface area contributed by atoms with Crippen LogP contribution in [-0.2, 0) is 0 Å². The van der Waals surface area contributed by atoms with Gasteiger partial charge < -0.3 is 0 Å². The highest BCUT2D eigenvalue weighted by Crippen LogP contribution is 1.86. The van der Waals surface area contributed by atoms with Gasteiger partial charge >= 0.3 is 0 Å².